The van der Waals surface area contributed by atoms with Crippen molar-refractivity contribution in [1.29, 1.82) is 0 Å². The average Bonchev–Trinajstić information content (AvgIpc) is 3.24. The van der Waals surface area contributed by atoms with E-state index in [1.54, 1.807) is 34.9 Å². The summed E-state index contributed by atoms with van der Waals surface area (Å²) in [5.41, 5.74) is 2.41. The van der Waals surface area contributed by atoms with Gasteiger partial charge in [0.05, 0.1) is 32.9 Å². The number of aryl methyl sites for hydroxylation is 1. The van der Waals surface area contributed by atoms with Crippen LogP contribution < -0.4 is 0 Å². The van der Waals surface area contributed by atoms with E-state index in [0.717, 1.165) is 6.07 Å². The number of rotatable bonds is 3. The van der Waals surface area contributed by atoms with Crippen LogP contribution in [0.5, 0.6) is 0 Å². The van der Waals surface area contributed by atoms with Crippen LogP contribution >= 0.6 is 11.6 Å². The minimum Gasteiger partial charge on any atom is -0.335 e. The Morgan fingerprint density at radius 1 is 0.886 bits per heavy atom. The molecule has 1 aliphatic heterocycles. The molecule has 4 aromatic rings. The number of pyridine rings is 1. The Bertz CT molecular complexity index is 1450. The third kappa shape index (κ3) is 4.35. The van der Waals surface area contributed by atoms with E-state index in [9.17, 15) is 18.4 Å². The molecule has 2 amide bonds. The second-order valence-electron chi connectivity index (χ2n) is 8.22. The Morgan fingerprint density at radius 2 is 1.49 bits per heavy atom. The van der Waals surface area contributed by atoms with Crippen LogP contribution in [0.15, 0.2) is 53.1 Å². The quantitative estimate of drug-likeness (QED) is 0.410. The van der Waals surface area contributed by atoms with Crippen LogP contribution in [0.1, 0.15) is 26.4 Å². The van der Waals surface area contributed by atoms with Crippen LogP contribution in [0.25, 0.3) is 22.4 Å². The molecule has 35 heavy (non-hydrogen) atoms. The van der Waals surface area contributed by atoms with E-state index in [0.29, 0.717) is 54.1 Å². The van der Waals surface area contributed by atoms with Crippen LogP contribution in [-0.2, 0) is 0 Å². The molecule has 2 aromatic heterocycles. The van der Waals surface area contributed by atoms with Crippen LogP contribution in [0.2, 0.25) is 5.02 Å². The van der Waals surface area contributed by atoms with Crippen LogP contribution in [0, 0.1) is 18.6 Å². The van der Waals surface area contributed by atoms with Gasteiger partial charge in [-0.1, -0.05) is 16.8 Å². The molecule has 5 rings (SSSR count). The molecule has 2 aromatic carbocycles. The van der Waals surface area contributed by atoms with E-state index in [4.69, 9.17) is 16.1 Å². The predicted octanol–water partition coefficient (Wildman–Crippen LogP) is 4.73. The number of piperazine rings is 1. The van der Waals surface area contributed by atoms with Gasteiger partial charge in [0.1, 0.15) is 11.6 Å². The third-order valence-electron chi connectivity index (χ3n) is 6.00. The Labute approximate surface area is 203 Å². The highest BCUT2D eigenvalue weighted by Gasteiger charge is 2.29. The molecular formula is C25H19ClF2N4O3. The smallest absolute Gasteiger partial charge is 0.259 e. The van der Waals surface area contributed by atoms with Crippen molar-refractivity contribution in [3.8, 4) is 11.3 Å². The number of hydrogen-bond acceptors (Lipinski definition) is 5. The van der Waals surface area contributed by atoms with E-state index < -0.39 is 5.82 Å². The molecule has 0 bridgehead atoms. The highest BCUT2D eigenvalue weighted by atomic mass is 35.5. The lowest BCUT2D eigenvalue weighted by Gasteiger charge is -2.35. The Kier molecular flexibility index (Phi) is 5.94. The minimum atomic E-state index is -0.519. The topological polar surface area (TPSA) is 79.5 Å². The summed E-state index contributed by atoms with van der Waals surface area (Å²) in [5, 5.41) is 4.51. The first kappa shape index (κ1) is 22.9. The third-order valence-corrected chi connectivity index (χ3v) is 6.32. The van der Waals surface area contributed by atoms with Gasteiger partial charge in [0.25, 0.3) is 17.5 Å². The van der Waals surface area contributed by atoms with Gasteiger partial charge in [0.2, 0.25) is 0 Å². The minimum absolute atomic E-state index is 0.0453. The Morgan fingerprint density at radius 3 is 2.11 bits per heavy atom. The number of nitrogens with zero attached hydrogens (tertiary/aromatic N) is 4. The number of halogens is 3. The summed E-state index contributed by atoms with van der Waals surface area (Å²) >= 11 is 6.04. The molecule has 0 unspecified atom stereocenters. The molecule has 178 valence electrons. The van der Waals surface area contributed by atoms with Gasteiger partial charge < -0.3 is 14.3 Å². The lowest BCUT2D eigenvalue weighted by Crippen LogP contribution is -2.50. The fraction of sp³-hybridized carbons (Fsp3) is 0.200. The van der Waals surface area contributed by atoms with E-state index in [1.165, 1.54) is 24.3 Å². The van der Waals surface area contributed by atoms with E-state index in [-0.39, 0.29) is 33.9 Å². The largest absolute Gasteiger partial charge is 0.335 e. The van der Waals surface area contributed by atoms with Crippen molar-refractivity contribution in [1.82, 2.24) is 19.9 Å². The summed E-state index contributed by atoms with van der Waals surface area (Å²) in [4.78, 5) is 34.1. The second-order valence-corrected chi connectivity index (χ2v) is 8.63. The number of fused-ring (bicyclic) bond motifs is 1. The first-order valence-corrected chi connectivity index (χ1v) is 11.3. The summed E-state index contributed by atoms with van der Waals surface area (Å²) in [6.45, 7) is 2.90. The van der Waals surface area contributed by atoms with Crippen molar-refractivity contribution in [3.05, 3.63) is 82.0 Å². The van der Waals surface area contributed by atoms with E-state index in [1.807, 2.05) is 0 Å². The number of amides is 2. The van der Waals surface area contributed by atoms with Crippen molar-refractivity contribution < 1.29 is 22.9 Å². The molecule has 0 N–H and O–H groups in total. The van der Waals surface area contributed by atoms with E-state index >= 15 is 0 Å². The maximum atomic E-state index is 13.5. The van der Waals surface area contributed by atoms with Gasteiger partial charge in [-0.3, -0.25) is 9.59 Å². The van der Waals surface area contributed by atoms with Gasteiger partial charge in [-0.05, 0) is 55.5 Å². The van der Waals surface area contributed by atoms with Crippen molar-refractivity contribution in [2.24, 2.45) is 0 Å². The van der Waals surface area contributed by atoms with Crippen molar-refractivity contribution in [2.75, 3.05) is 26.2 Å². The zero-order valence-electron chi connectivity index (χ0n) is 18.6. The van der Waals surface area contributed by atoms with E-state index in [2.05, 4.69) is 10.1 Å². The first-order valence-electron chi connectivity index (χ1n) is 10.9. The highest BCUT2D eigenvalue weighted by molar-refractivity contribution is 6.33. The van der Waals surface area contributed by atoms with Crippen molar-refractivity contribution in [2.45, 2.75) is 6.92 Å². The number of carbonyl (C=O) groups excluding carboxylic acids is 2. The van der Waals surface area contributed by atoms with Gasteiger partial charge in [0, 0.05) is 31.7 Å². The lowest BCUT2D eigenvalue weighted by atomic mass is 10.0. The van der Waals surface area contributed by atoms with Crippen molar-refractivity contribution >= 4 is 34.5 Å². The number of benzene rings is 2. The summed E-state index contributed by atoms with van der Waals surface area (Å²) < 4.78 is 32.1. The van der Waals surface area contributed by atoms with Crippen LogP contribution in [-0.4, -0.2) is 57.9 Å². The standard InChI is InChI=1S/C25H19ClF2N4O3/c1-14-22-19(13-21(29-23(22)35-30-14)15-2-4-16(27)5-3-15)25(34)32-10-8-31(9-11-32)24(33)18-7-6-17(28)12-20(18)26/h2-7,12-13H,8-11H2,1H3. The molecule has 0 radical (unpaired) electrons. The molecule has 3 heterocycles. The van der Waals surface area contributed by atoms with Gasteiger partial charge >= 0.3 is 0 Å². The molecule has 1 aliphatic rings. The number of hydrogen-bond donors (Lipinski definition) is 0. The average molecular weight is 497 g/mol. The zero-order valence-corrected chi connectivity index (χ0v) is 19.4. The molecule has 0 aliphatic carbocycles. The number of aromatic nitrogens is 2. The van der Waals surface area contributed by atoms with Crippen LogP contribution in [0.4, 0.5) is 8.78 Å². The van der Waals surface area contributed by atoms with Gasteiger partial charge in [-0.15, -0.1) is 0 Å². The molecule has 1 fully saturated rings. The SMILES string of the molecule is Cc1noc2nc(-c3ccc(F)cc3)cc(C(=O)N3CCN(C(=O)c4ccc(F)cc4Cl)CC3)c12. The molecule has 10 heteroatoms. The van der Waals surface area contributed by atoms with Gasteiger partial charge in [-0.2, -0.15) is 0 Å². The summed E-state index contributed by atoms with van der Waals surface area (Å²) in [5.74, 6) is -1.47. The maximum Gasteiger partial charge on any atom is 0.259 e. The normalized spacial score (nSPS) is 13.9. The fourth-order valence-electron chi connectivity index (χ4n) is 4.15. The number of carbonyl (C=O) groups is 2. The fourth-order valence-corrected chi connectivity index (χ4v) is 4.40. The van der Waals surface area contributed by atoms with Gasteiger partial charge in [-0.25, -0.2) is 13.8 Å². The van der Waals surface area contributed by atoms with Crippen LogP contribution in [0.3, 0.4) is 0 Å². The summed E-state index contributed by atoms with van der Waals surface area (Å²) in [6.07, 6.45) is 0. The Balaban J connectivity index is 1.39. The van der Waals surface area contributed by atoms with Gasteiger partial charge in [0.15, 0.2) is 0 Å². The zero-order chi connectivity index (χ0) is 24.7. The highest BCUT2D eigenvalue weighted by Crippen LogP contribution is 2.29. The molecule has 0 spiro atoms. The maximum absolute atomic E-state index is 13.5. The molecule has 1 saturated heterocycles. The molecular weight excluding hydrogens is 478 g/mol. The second kappa shape index (κ2) is 9.07. The molecule has 7 nitrogen and oxygen atoms in total. The van der Waals surface area contributed by atoms with Crippen molar-refractivity contribution in [3.63, 3.8) is 0 Å². The molecule has 0 atom stereocenters. The lowest BCUT2D eigenvalue weighted by molar-refractivity contribution is 0.0536. The summed E-state index contributed by atoms with van der Waals surface area (Å²) in [6, 6.07) is 11.1. The molecule has 0 saturated carbocycles. The first-order chi connectivity index (χ1) is 16.8. The predicted molar refractivity (Wildman–Crippen MR) is 125 cm³/mol. The summed E-state index contributed by atoms with van der Waals surface area (Å²) in [7, 11) is 0. The monoisotopic (exact) mass is 496 g/mol. The Hall–Kier alpha value is -3.85.